The van der Waals surface area contributed by atoms with Gasteiger partial charge in [0.1, 0.15) is 11.9 Å². The molecule has 3 rings (SSSR count). The normalized spacial score (nSPS) is 17.0. The van der Waals surface area contributed by atoms with Crippen molar-refractivity contribution in [2.75, 3.05) is 65.5 Å². The van der Waals surface area contributed by atoms with Crippen LogP contribution in [0.5, 0.6) is 0 Å². The average Bonchev–Trinajstić information content (AvgIpc) is 2.73. The van der Waals surface area contributed by atoms with E-state index in [-0.39, 0.29) is 24.4 Å². The Labute approximate surface area is 176 Å². The third kappa shape index (κ3) is 5.71. The molecule has 0 spiro atoms. The smallest absolute Gasteiger partial charge is 0.234 e. The number of ether oxygens (including phenoxy) is 2. The van der Waals surface area contributed by atoms with Gasteiger partial charge in [0.25, 0.3) is 0 Å². The highest BCUT2D eigenvalue weighted by molar-refractivity contribution is 5.78. The molecule has 1 amide bonds. The van der Waals surface area contributed by atoms with Gasteiger partial charge in [-0.15, -0.1) is 0 Å². The van der Waals surface area contributed by atoms with Crippen molar-refractivity contribution in [2.24, 2.45) is 0 Å². The average molecular weight is 417 g/mol. The van der Waals surface area contributed by atoms with Crippen LogP contribution in [-0.2, 0) is 14.3 Å². The van der Waals surface area contributed by atoms with Gasteiger partial charge in [-0.25, -0.2) is 14.4 Å². The lowest BCUT2D eigenvalue weighted by molar-refractivity contribution is -0.124. The Kier molecular flexibility index (Phi) is 7.67. The van der Waals surface area contributed by atoms with Crippen LogP contribution in [-0.4, -0.2) is 81.4 Å². The van der Waals surface area contributed by atoms with Crippen molar-refractivity contribution in [3.05, 3.63) is 42.0 Å². The molecule has 2 heterocycles. The highest BCUT2D eigenvalue weighted by Crippen LogP contribution is 2.31. The predicted octanol–water partition coefficient (Wildman–Crippen LogP) is 1.48. The van der Waals surface area contributed by atoms with Crippen molar-refractivity contribution in [1.82, 2.24) is 20.2 Å². The Bertz CT molecular complexity index is 864. The molecule has 1 saturated heterocycles. The minimum Gasteiger partial charge on any atom is -0.383 e. The molecule has 1 aliphatic rings. The zero-order chi connectivity index (χ0) is 21.5. The number of methoxy groups -OCH3 is 1. The molecular weight excluding hydrogens is 389 g/mol. The SMILES string of the molecule is COCCNC(=O)CN1CCO[C@@H](c2nc(N(C)C)ncc2-c2cccc(F)c2)C1. The molecule has 1 aliphatic heterocycles. The Morgan fingerprint density at radius 2 is 2.27 bits per heavy atom. The van der Waals surface area contributed by atoms with E-state index in [2.05, 4.69) is 10.3 Å². The number of morpholine rings is 1. The van der Waals surface area contributed by atoms with E-state index in [1.165, 1.54) is 12.1 Å². The van der Waals surface area contributed by atoms with Crippen LogP contribution >= 0.6 is 0 Å². The molecular formula is C21H28FN5O3. The zero-order valence-electron chi connectivity index (χ0n) is 17.6. The first-order chi connectivity index (χ1) is 14.5. The number of halogens is 1. The van der Waals surface area contributed by atoms with Crippen LogP contribution in [0.25, 0.3) is 11.1 Å². The molecule has 0 saturated carbocycles. The van der Waals surface area contributed by atoms with E-state index in [1.807, 2.05) is 30.0 Å². The third-order valence-corrected chi connectivity index (χ3v) is 4.79. The molecule has 30 heavy (non-hydrogen) atoms. The summed E-state index contributed by atoms with van der Waals surface area (Å²) in [4.78, 5) is 25.1. The number of nitrogens with zero attached hydrogens (tertiary/aromatic N) is 4. The monoisotopic (exact) mass is 417 g/mol. The number of benzene rings is 1. The number of nitrogens with one attached hydrogen (secondary N) is 1. The van der Waals surface area contributed by atoms with Gasteiger partial charge >= 0.3 is 0 Å². The first-order valence-electron chi connectivity index (χ1n) is 9.87. The quantitative estimate of drug-likeness (QED) is 0.652. The lowest BCUT2D eigenvalue weighted by Crippen LogP contribution is -2.45. The van der Waals surface area contributed by atoms with Crippen molar-refractivity contribution in [3.8, 4) is 11.1 Å². The Morgan fingerprint density at radius 1 is 1.43 bits per heavy atom. The number of aromatic nitrogens is 2. The molecule has 9 heteroatoms. The first kappa shape index (κ1) is 22.1. The second-order valence-corrected chi connectivity index (χ2v) is 7.31. The van der Waals surface area contributed by atoms with E-state index < -0.39 is 0 Å². The van der Waals surface area contributed by atoms with Crippen molar-refractivity contribution in [3.63, 3.8) is 0 Å². The maximum absolute atomic E-state index is 13.8. The fourth-order valence-electron chi connectivity index (χ4n) is 3.29. The number of anilines is 1. The Hall–Kier alpha value is -2.62. The second kappa shape index (κ2) is 10.4. The Balaban J connectivity index is 1.82. The van der Waals surface area contributed by atoms with Gasteiger partial charge in [-0.2, -0.15) is 0 Å². The standard InChI is InChI=1S/C21H28FN5O3/c1-26(2)21-24-12-17(15-5-4-6-16(22)11-15)20(25-21)18-13-27(8-10-30-18)14-19(28)23-7-9-29-3/h4-6,11-12,18H,7-10,13-14H2,1-3H3,(H,23,28)/t18-/m1/s1. The number of rotatable bonds is 8. The molecule has 1 aromatic carbocycles. The molecule has 1 N–H and O–H groups in total. The van der Waals surface area contributed by atoms with E-state index in [4.69, 9.17) is 14.5 Å². The van der Waals surface area contributed by atoms with Crippen LogP contribution in [0.1, 0.15) is 11.8 Å². The molecule has 2 aromatic rings. The molecule has 1 aromatic heterocycles. The van der Waals surface area contributed by atoms with Crippen molar-refractivity contribution in [2.45, 2.75) is 6.10 Å². The summed E-state index contributed by atoms with van der Waals surface area (Å²) in [5.41, 5.74) is 2.09. The van der Waals surface area contributed by atoms with Gasteiger partial charge in [0.2, 0.25) is 11.9 Å². The molecule has 8 nitrogen and oxygen atoms in total. The number of amides is 1. The van der Waals surface area contributed by atoms with Gasteiger partial charge in [0, 0.05) is 52.6 Å². The van der Waals surface area contributed by atoms with Crippen molar-refractivity contribution >= 4 is 11.9 Å². The first-order valence-corrected chi connectivity index (χ1v) is 9.87. The minimum atomic E-state index is -0.356. The summed E-state index contributed by atoms with van der Waals surface area (Å²) in [5.74, 6) is 0.159. The van der Waals surface area contributed by atoms with Crippen LogP contribution in [0.2, 0.25) is 0 Å². The fraction of sp³-hybridized carbons (Fsp3) is 0.476. The van der Waals surface area contributed by atoms with Gasteiger partial charge in [-0.3, -0.25) is 9.69 Å². The Morgan fingerprint density at radius 3 is 3.00 bits per heavy atom. The summed E-state index contributed by atoms with van der Waals surface area (Å²) in [6.07, 6.45) is 1.34. The lowest BCUT2D eigenvalue weighted by atomic mass is 10.0. The van der Waals surface area contributed by atoms with Gasteiger partial charge < -0.3 is 19.7 Å². The maximum Gasteiger partial charge on any atom is 0.234 e. The number of hydrogen-bond acceptors (Lipinski definition) is 7. The number of hydrogen-bond donors (Lipinski definition) is 1. The van der Waals surface area contributed by atoms with Gasteiger partial charge in [-0.1, -0.05) is 12.1 Å². The van der Waals surface area contributed by atoms with Crippen LogP contribution in [0.15, 0.2) is 30.5 Å². The molecule has 1 atom stereocenters. The number of carbonyl (C=O) groups excluding carboxylic acids is 1. The summed E-state index contributed by atoms with van der Waals surface area (Å²) < 4.78 is 24.8. The third-order valence-electron chi connectivity index (χ3n) is 4.79. The second-order valence-electron chi connectivity index (χ2n) is 7.31. The summed E-state index contributed by atoms with van der Waals surface area (Å²) in [7, 11) is 5.32. The maximum atomic E-state index is 13.8. The van der Waals surface area contributed by atoms with Gasteiger partial charge in [0.15, 0.2) is 0 Å². The summed E-state index contributed by atoms with van der Waals surface area (Å²) in [5, 5.41) is 2.83. The van der Waals surface area contributed by atoms with Gasteiger partial charge in [0.05, 0.1) is 25.5 Å². The molecule has 162 valence electrons. The lowest BCUT2D eigenvalue weighted by Gasteiger charge is -2.33. The van der Waals surface area contributed by atoms with E-state index in [0.29, 0.717) is 50.1 Å². The predicted molar refractivity (Wildman–Crippen MR) is 112 cm³/mol. The molecule has 0 radical (unpaired) electrons. The van der Waals surface area contributed by atoms with Crippen LogP contribution in [0, 0.1) is 5.82 Å². The van der Waals surface area contributed by atoms with E-state index in [9.17, 15) is 9.18 Å². The fourth-order valence-corrected chi connectivity index (χ4v) is 3.29. The molecule has 0 aliphatic carbocycles. The summed E-state index contributed by atoms with van der Waals surface area (Å²) in [6, 6.07) is 6.35. The summed E-state index contributed by atoms with van der Waals surface area (Å²) >= 11 is 0. The van der Waals surface area contributed by atoms with Crippen LogP contribution < -0.4 is 10.2 Å². The van der Waals surface area contributed by atoms with E-state index in [1.54, 1.807) is 19.4 Å². The topological polar surface area (TPSA) is 79.8 Å². The molecule has 1 fully saturated rings. The van der Waals surface area contributed by atoms with E-state index >= 15 is 0 Å². The van der Waals surface area contributed by atoms with E-state index in [0.717, 1.165) is 5.56 Å². The minimum absolute atomic E-state index is 0.0604. The largest absolute Gasteiger partial charge is 0.383 e. The van der Waals surface area contributed by atoms with Gasteiger partial charge in [-0.05, 0) is 17.7 Å². The zero-order valence-corrected chi connectivity index (χ0v) is 17.6. The van der Waals surface area contributed by atoms with Crippen LogP contribution in [0.4, 0.5) is 10.3 Å². The highest BCUT2D eigenvalue weighted by atomic mass is 19.1. The summed E-state index contributed by atoms with van der Waals surface area (Å²) in [6.45, 7) is 2.84. The van der Waals surface area contributed by atoms with Crippen LogP contribution in [0.3, 0.4) is 0 Å². The van der Waals surface area contributed by atoms with Crippen molar-refractivity contribution in [1.29, 1.82) is 0 Å². The molecule has 0 bridgehead atoms. The highest BCUT2D eigenvalue weighted by Gasteiger charge is 2.28. The number of carbonyl (C=O) groups is 1. The van der Waals surface area contributed by atoms with Crippen molar-refractivity contribution < 1.29 is 18.7 Å². The molecule has 0 unspecified atom stereocenters.